The van der Waals surface area contributed by atoms with Gasteiger partial charge in [0.1, 0.15) is 11.6 Å². The highest BCUT2D eigenvalue weighted by Crippen LogP contribution is 2.36. The molecule has 168 valence electrons. The van der Waals surface area contributed by atoms with E-state index < -0.39 is 9.84 Å². The first-order valence-electron chi connectivity index (χ1n) is 11.0. The van der Waals surface area contributed by atoms with Crippen molar-refractivity contribution in [3.8, 4) is 5.75 Å². The molecule has 0 aliphatic heterocycles. The third-order valence-corrected chi connectivity index (χ3v) is 8.32. The molecular weight excluding hydrogens is 437 g/mol. The second-order valence-corrected chi connectivity index (χ2v) is 11.6. The highest BCUT2D eigenvalue weighted by Gasteiger charge is 2.29. The maximum atomic E-state index is 13.8. The fourth-order valence-corrected chi connectivity index (χ4v) is 6.45. The van der Waals surface area contributed by atoms with Gasteiger partial charge in [-0.15, -0.1) is 0 Å². The molecule has 4 nitrogen and oxygen atoms in total. The number of fused-ring (bicyclic) bond motifs is 1. The van der Waals surface area contributed by atoms with Gasteiger partial charge in [-0.1, -0.05) is 17.7 Å². The molecule has 2 unspecified atom stereocenters. The monoisotopic (exact) mass is 465 g/mol. The van der Waals surface area contributed by atoms with Crippen LogP contribution >= 0.6 is 11.6 Å². The normalized spacial score (nSPS) is 21.0. The molecule has 0 bridgehead atoms. The molecule has 2 aromatic rings. The van der Waals surface area contributed by atoms with Crippen molar-refractivity contribution < 1.29 is 17.5 Å². The van der Waals surface area contributed by atoms with Crippen molar-refractivity contribution in [2.24, 2.45) is 11.7 Å². The number of halogens is 2. The lowest BCUT2D eigenvalue weighted by Gasteiger charge is -2.32. The lowest BCUT2D eigenvalue weighted by molar-refractivity contribution is 0.316. The molecule has 2 atom stereocenters. The van der Waals surface area contributed by atoms with Crippen LogP contribution in [-0.2, 0) is 22.7 Å². The largest absolute Gasteiger partial charge is 0.494 e. The van der Waals surface area contributed by atoms with Crippen LogP contribution in [0.4, 0.5) is 4.39 Å². The van der Waals surface area contributed by atoms with Gasteiger partial charge in [0, 0.05) is 17.0 Å². The van der Waals surface area contributed by atoms with Crippen LogP contribution in [0.3, 0.4) is 0 Å². The van der Waals surface area contributed by atoms with Gasteiger partial charge < -0.3 is 10.5 Å². The van der Waals surface area contributed by atoms with Gasteiger partial charge in [0.2, 0.25) is 0 Å². The van der Waals surface area contributed by atoms with Gasteiger partial charge in [-0.2, -0.15) is 0 Å². The van der Waals surface area contributed by atoms with Gasteiger partial charge in [0.25, 0.3) is 0 Å². The van der Waals surface area contributed by atoms with Crippen LogP contribution in [0.15, 0.2) is 36.4 Å². The molecule has 1 fully saturated rings. The molecule has 0 aromatic heterocycles. The molecule has 2 aliphatic carbocycles. The molecule has 31 heavy (non-hydrogen) atoms. The number of rotatable bonds is 9. The van der Waals surface area contributed by atoms with Crippen LogP contribution in [0, 0.1) is 11.7 Å². The maximum absolute atomic E-state index is 13.8. The Morgan fingerprint density at radius 2 is 1.94 bits per heavy atom. The number of hydrogen-bond donors (Lipinski definition) is 1. The van der Waals surface area contributed by atoms with Gasteiger partial charge in [-0.3, -0.25) is 0 Å². The zero-order valence-corrected chi connectivity index (χ0v) is 19.1. The molecule has 2 aliphatic rings. The van der Waals surface area contributed by atoms with Crippen LogP contribution in [0.5, 0.6) is 5.75 Å². The van der Waals surface area contributed by atoms with Crippen molar-refractivity contribution in [2.75, 3.05) is 18.1 Å². The topological polar surface area (TPSA) is 69.4 Å². The number of benzene rings is 2. The van der Waals surface area contributed by atoms with Crippen molar-refractivity contribution in [1.82, 2.24) is 0 Å². The van der Waals surface area contributed by atoms with Gasteiger partial charge in [-0.25, -0.2) is 12.8 Å². The zero-order valence-electron chi connectivity index (χ0n) is 17.5. The lowest BCUT2D eigenvalue weighted by Crippen LogP contribution is -2.34. The average Bonchev–Trinajstić information content (AvgIpc) is 3.50. The summed E-state index contributed by atoms with van der Waals surface area (Å²) in [7, 11) is -2.98. The number of ether oxygens (including phenoxy) is 1. The molecule has 0 saturated heterocycles. The summed E-state index contributed by atoms with van der Waals surface area (Å²) in [6.07, 6.45) is 4.94. The first-order chi connectivity index (χ1) is 14.8. The molecule has 7 heteroatoms. The molecule has 0 radical (unpaired) electrons. The second-order valence-electron chi connectivity index (χ2n) is 8.91. The Bertz CT molecular complexity index is 1020. The number of sulfone groups is 1. The summed E-state index contributed by atoms with van der Waals surface area (Å²) < 4.78 is 43.8. The zero-order chi connectivity index (χ0) is 22.0. The Kier molecular flexibility index (Phi) is 6.89. The predicted molar refractivity (Wildman–Crippen MR) is 122 cm³/mol. The molecule has 0 spiro atoms. The Morgan fingerprint density at radius 3 is 2.68 bits per heavy atom. The van der Waals surface area contributed by atoms with E-state index in [2.05, 4.69) is 6.07 Å². The van der Waals surface area contributed by atoms with E-state index in [-0.39, 0.29) is 23.5 Å². The Morgan fingerprint density at radius 1 is 1.13 bits per heavy atom. The summed E-state index contributed by atoms with van der Waals surface area (Å²) in [5.41, 5.74) is 9.63. The summed E-state index contributed by atoms with van der Waals surface area (Å²) in [5.74, 6) is 1.28. The Labute approximate surface area is 188 Å². The molecule has 4 rings (SSSR count). The molecule has 2 N–H and O–H groups in total. The molecule has 0 amide bonds. The van der Waals surface area contributed by atoms with E-state index in [0.29, 0.717) is 36.1 Å². The number of nitrogens with two attached hydrogens (primary N) is 1. The third kappa shape index (κ3) is 6.21. The van der Waals surface area contributed by atoms with Crippen LogP contribution in [0.25, 0.3) is 0 Å². The van der Waals surface area contributed by atoms with Crippen LogP contribution in [0.1, 0.15) is 48.3 Å². The van der Waals surface area contributed by atoms with Gasteiger partial charge in [-0.05, 0) is 91.5 Å². The van der Waals surface area contributed by atoms with E-state index in [4.69, 9.17) is 22.1 Å². The van der Waals surface area contributed by atoms with E-state index in [1.807, 2.05) is 12.1 Å². The summed E-state index contributed by atoms with van der Waals surface area (Å²) in [6, 6.07) is 10.6. The smallest absolute Gasteiger partial charge is 0.150 e. The fourth-order valence-electron chi connectivity index (χ4n) is 4.43. The number of aryl methyl sites for hydroxylation is 1. The van der Waals surface area contributed by atoms with Crippen molar-refractivity contribution in [1.29, 1.82) is 0 Å². The second kappa shape index (κ2) is 9.47. The molecular formula is C24H29ClFNO3S. The van der Waals surface area contributed by atoms with E-state index in [9.17, 15) is 12.8 Å². The van der Waals surface area contributed by atoms with Crippen molar-refractivity contribution in [3.05, 3.63) is 63.9 Å². The third-order valence-electron chi connectivity index (χ3n) is 6.21. The standard InChI is InChI=1S/C24H29ClFNO3S/c25-19-10-17(11-20(26)13-19)12-23-22-14-21(6-4-18(22)5-7-24(23)27)30-8-1-9-31(28,29)15-16-2-3-16/h4,6,10-11,13-14,16,23-24H,1-3,5,7-9,12,15,27H2. The average molecular weight is 466 g/mol. The van der Waals surface area contributed by atoms with Crippen LogP contribution in [-0.4, -0.2) is 32.6 Å². The summed E-state index contributed by atoms with van der Waals surface area (Å²) in [4.78, 5) is 0. The van der Waals surface area contributed by atoms with E-state index in [0.717, 1.165) is 42.6 Å². The fraction of sp³-hybridized carbons (Fsp3) is 0.500. The van der Waals surface area contributed by atoms with E-state index in [1.54, 1.807) is 6.07 Å². The predicted octanol–water partition coefficient (Wildman–Crippen LogP) is 4.67. The first kappa shape index (κ1) is 22.6. The highest BCUT2D eigenvalue weighted by atomic mass is 35.5. The minimum absolute atomic E-state index is 0.0302. The lowest BCUT2D eigenvalue weighted by atomic mass is 9.76. The SMILES string of the molecule is NC1CCc2ccc(OCCCS(=O)(=O)CC3CC3)cc2C1Cc1cc(F)cc(Cl)c1. The van der Waals surface area contributed by atoms with Gasteiger partial charge >= 0.3 is 0 Å². The Hall–Kier alpha value is -1.63. The van der Waals surface area contributed by atoms with E-state index in [1.165, 1.54) is 17.7 Å². The Balaban J connectivity index is 1.41. The van der Waals surface area contributed by atoms with Crippen molar-refractivity contribution in [3.63, 3.8) is 0 Å². The summed E-state index contributed by atoms with van der Waals surface area (Å²) >= 11 is 6.03. The van der Waals surface area contributed by atoms with Gasteiger partial charge in [0.15, 0.2) is 9.84 Å². The van der Waals surface area contributed by atoms with Gasteiger partial charge in [0.05, 0.1) is 18.1 Å². The van der Waals surface area contributed by atoms with Crippen LogP contribution < -0.4 is 10.5 Å². The quantitative estimate of drug-likeness (QED) is 0.546. The summed E-state index contributed by atoms with van der Waals surface area (Å²) in [5, 5.41) is 0.383. The minimum atomic E-state index is -2.98. The molecule has 0 heterocycles. The van der Waals surface area contributed by atoms with Crippen molar-refractivity contribution in [2.45, 2.75) is 50.5 Å². The van der Waals surface area contributed by atoms with Crippen LogP contribution in [0.2, 0.25) is 5.02 Å². The van der Waals surface area contributed by atoms with E-state index >= 15 is 0 Å². The maximum Gasteiger partial charge on any atom is 0.150 e. The molecule has 2 aromatic carbocycles. The minimum Gasteiger partial charge on any atom is -0.494 e. The first-order valence-corrected chi connectivity index (χ1v) is 13.2. The molecule has 1 saturated carbocycles. The summed E-state index contributed by atoms with van der Waals surface area (Å²) in [6.45, 7) is 0.360. The van der Waals surface area contributed by atoms with Crippen molar-refractivity contribution >= 4 is 21.4 Å². The number of hydrogen-bond acceptors (Lipinski definition) is 4. The highest BCUT2D eigenvalue weighted by molar-refractivity contribution is 7.91.